The topological polar surface area (TPSA) is 66.8 Å². The molecule has 0 amide bonds. The van der Waals surface area contributed by atoms with Crippen LogP contribution in [-0.4, -0.2) is 28.6 Å². The second-order valence-electron chi connectivity index (χ2n) is 3.16. The van der Waals surface area contributed by atoms with Crippen LogP contribution in [0, 0.1) is 0 Å². The van der Waals surface area contributed by atoms with Crippen molar-refractivity contribution in [3.8, 4) is 0 Å². The van der Waals surface area contributed by atoms with Crippen molar-refractivity contribution in [3.05, 3.63) is 12.2 Å². The van der Waals surface area contributed by atoms with Crippen molar-refractivity contribution in [2.24, 2.45) is 0 Å². The number of rotatable bonds is 1. The van der Waals surface area contributed by atoms with Gasteiger partial charge in [0.25, 0.3) is 0 Å². The molecule has 1 aliphatic rings. The fourth-order valence-electron chi connectivity index (χ4n) is 1.37. The summed E-state index contributed by atoms with van der Waals surface area (Å²) in [7, 11) is 0. The number of ether oxygens (including phenoxy) is 1. The van der Waals surface area contributed by atoms with Crippen LogP contribution < -0.4 is 0 Å². The first-order chi connectivity index (χ1) is 6.18. The summed E-state index contributed by atoms with van der Waals surface area (Å²) in [5.41, 5.74) is 0. The van der Waals surface area contributed by atoms with Crippen molar-refractivity contribution >= 4 is 6.16 Å². The Morgan fingerprint density at radius 1 is 1.31 bits per heavy atom. The highest BCUT2D eigenvalue weighted by molar-refractivity contribution is 5.57. The summed E-state index contributed by atoms with van der Waals surface area (Å²) in [6.07, 6.45) is 4.36. The Balaban J connectivity index is 2.47. The van der Waals surface area contributed by atoms with Gasteiger partial charge < -0.3 is 14.9 Å². The highest BCUT2D eigenvalue weighted by Crippen LogP contribution is 2.14. The zero-order chi connectivity index (χ0) is 9.68. The molecule has 0 radical (unpaired) electrons. The van der Waals surface area contributed by atoms with Crippen molar-refractivity contribution < 1.29 is 19.7 Å². The maximum atomic E-state index is 10.2. The van der Waals surface area contributed by atoms with E-state index < -0.39 is 18.4 Å². The molecule has 0 saturated heterocycles. The highest BCUT2D eigenvalue weighted by Gasteiger charge is 2.13. The average molecular weight is 186 g/mol. The maximum absolute atomic E-state index is 10.2. The number of carbonyl (C=O) groups is 1. The summed E-state index contributed by atoms with van der Waals surface area (Å²) in [6, 6.07) is 0. The Bertz CT molecular complexity index is 200. The Morgan fingerprint density at radius 3 is 2.69 bits per heavy atom. The van der Waals surface area contributed by atoms with E-state index in [1.54, 1.807) is 12.2 Å². The fourth-order valence-corrected chi connectivity index (χ4v) is 1.37. The molecule has 0 aromatic rings. The average Bonchev–Trinajstić information content (AvgIpc) is 2.03. The monoisotopic (exact) mass is 186 g/mol. The van der Waals surface area contributed by atoms with E-state index in [-0.39, 0.29) is 0 Å². The van der Waals surface area contributed by atoms with E-state index in [9.17, 15) is 9.90 Å². The number of carboxylic acid groups (broad SMARTS) is 1. The standard InChI is InChI=1S/C9H14O4/c10-7-3-1-2-4-8(6-5-7)13-9(11)12/h5-8,10H,1-4H2,(H,11,12)/b6-5+. The lowest BCUT2D eigenvalue weighted by molar-refractivity contribution is 0.0631. The van der Waals surface area contributed by atoms with Gasteiger partial charge in [0.05, 0.1) is 6.10 Å². The highest BCUT2D eigenvalue weighted by atomic mass is 16.7. The largest absolute Gasteiger partial charge is 0.506 e. The Hall–Kier alpha value is -1.03. The first-order valence-corrected chi connectivity index (χ1v) is 4.44. The predicted octanol–water partition coefficient (Wildman–Crippen LogP) is 1.54. The van der Waals surface area contributed by atoms with Gasteiger partial charge in [0.15, 0.2) is 0 Å². The zero-order valence-electron chi connectivity index (χ0n) is 7.35. The van der Waals surface area contributed by atoms with E-state index >= 15 is 0 Å². The molecule has 0 bridgehead atoms. The number of aliphatic hydroxyl groups is 1. The predicted molar refractivity (Wildman–Crippen MR) is 46.5 cm³/mol. The van der Waals surface area contributed by atoms with E-state index in [2.05, 4.69) is 4.74 Å². The van der Waals surface area contributed by atoms with Crippen LogP contribution in [0.4, 0.5) is 4.79 Å². The molecule has 0 aromatic heterocycles. The third-order valence-corrected chi connectivity index (χ3v) is 2.04. The second-order valence-corrected chi connectivity index (χ2v) is 3.16. The van der Waals surface area contributed by atoms with Crippen LogP contribution in [-0.2, 0) is 4.74 Å². The molecule has 2 unspecified atom stereocenters. The zero-order valence-corrected chi connectivity index (χ0v) is 7.35. The molecular weight excluding hydrogens is 172 g/mol. The first kappa shape index (κ1) is 10.1. The smallest absolute Gasteiger partial charge is 0.450 e. The molecule has 0 fully saturated rings. The van der Waals surface area contributed by atoms with Crippen LogP contribution in [0.25, 0.3) is 0 Å². The summed E-state index contributed by atoms with van der Waals surface area (Å²) in [6.45, 7) is 0. The van der Waals surface area contributed by atoms with Gasteiger partial charge in [-0.2, -0.15) is 0 Å². The fraction of sp³-hybridized carbons (Fsp3) is 0.667. The molecule has 4 heteroatoms. The quantitative estimate of drug-likeness (QED) is 0.481. The molecule has 0 heterocycles. The van der Waals surface area contributed by atoms with Gasteiger partial charge in [-0.05, 0) is 25.3 Å². The maximum Gasteiger partial charge on any atom is 0.506 e. The van der Waals surface area contributed by atoms with Crippen LogP contribution >= 0.6 is 0 Å². The minimum atomic E-state index is -1.26. The number of aliphatic hydroxyl groups excluding tert-OH is 1. The summed E-state index contributed by atoms with van der Waals surface area (Å²) >= 11 is 0. The summed E-state index contributed by atoms with van der Waals surface area (Å²) in [5, 5.41) is 17.7. The van der Waals surface area contributed by atoms with Crippen LogP contribution in [0.5, 0.6) is 0 Å². The number of hydrogen-bond donors (Lipinski definition) is 2. The molecule has 4 nitrogen and oxygen atoms in total. The van der Waals surface area contributed by atoms with Gasteiger partial charge in [-0.25, -0.2) is 4.79 Å². The molecular formula is C9H14O4. The summed E-state index contributed by atoms with van der Waals surface area (Å²) in [5.74, 6) is 0. The first-order valence-electron chi connectivity index (χ1n) is 4.44. The minimum absolute atomic E-state index is 0.396. The molecule has 0 aliphatic heterocycles. The summed E-state index contributed by atoms with van der Waals surface area (Å²) < 4.78 is 4.59. The Kier molecular flexibility index (Phi) is 3.76. The molecule has 1 aliphatic carbocycles. The van der Waals surface area contributed by atoms with Crippen LogP contribution in [0.2, 0.25) is 0 Å². The van der Waals surface area contributed by atoms with Crippen molar-refractivity contribution in [1.82, 2.24) is 0 Å². The lowest BCUT2D eigenvalue weighted by Crippen LogP contribution is -2.17. The lowest BCUT2D eigenvalue weighted by Gasteiger charge is -2.15. The number of hydrogen-bond acceptors (Lipinski definition) is 3. The molecule has 74 valence electrons. The van der Waals surface area contributed by atoms with Crippen molar-refractivity contribution in [3.63, 3.8) is 0 Å². The van der Waals surface area contributed by atoms with Gasteiger partial charge in [0.2, 0.25) is 0 Å². The molecule has 0 aromatic carbocycles. The van der Waals surface area contributed by atoms with Crippen LogP contribution in [0.1, 0.15) is 25.7 Å². The van der Waals surface area contributed by atoms with Gasteiger partial charge in [-0.15, -0.1) is 0 Å². The van der Waals surface area contributed by atoms with E-state index in [1.165, 1.54) is 0 Å². The Labute approximate surface area is 76.8 Å². The van der Waals surface area contributed by atoms with E-state index in [0.717, 1.165) is 19.3 Å². The normalized spacial score (nSPS) is 31.5. The van der Waals surface area contributed by atoms with E-state index in [0.29, 0.717) is 6.42 Å². The second kappa shape index (κ2) is 4.87. The SMILES string of the molecule is O=C(O)OC1/C=C/C(O)CCCC1. The van der Waals surface area contributed by atoms with Gasteiger partial charge in [-0.1, -0.05) is 12.5 Å². The molecule has 2 N–H and O–H groups in total. The van der Waals surface area contributed by atoms with Crippen molar-refractivity contribution in [2.45, 2.75) is 37.9 Å². The van der Waals surface area contributed by atoms with E-state index in [1.807, 2.05) is 0 Å². The van der Waals surface area contributed by atoms with Gasteiger partial charge >= 0.3 is 6.16 Å². The van der Waals surface area contributed by atoms with Crippen molar-refractivity contribution in [2.75, 3.05) is 0 Å². The van der Waals surface area contributed by atoms with Gasteiger partial charge in [-0.3, -0.25) is 0 Å². The van der Waals surface area contributed by atoms with Crippen molar-refractivity contribution in [1.29, 1.82) is 0 Å². The molecule has 0 spiro atoms. The Morgan fingerprint density at radius 2 is 2.00 bits per heavy atom. The van der Waals surface area contributed by atoms with Gasteiger partial charge in [0, 0.05) is 0 Å². The van der Waals surface area contributed by atoms with Crippen LogP contribution in [0.15, 0.2) is 12.2 Å². The minimum Gasteiger partial charge on any atom is -0.450 e. The molecule has 13 heavy (non-hydrogen) atoms. The molecule has 2 atom stereocenters. The van der Waals surface area contributed by atoms with E-state index in [4.69, 9.17) is 5.11 Å². The summed E-state index contributed by atoms with van der Waals surface area (Å²) in [4.78, 5) is 10.2. The third kappa shape index (κ3) is 3.94. The van der Waals surface area contributed by atoms with Gasteiger partial charge in [0.1, 0.15) is 6.10 Å². The van der Waals surface area contributed by atoms with Crippen LogP contribution in [0.3, 0.4) is 0 Å². The lowest BCUT2D eigenvalue weighted by atomic mass is 10.0. The molecule has 0 saturated carbocycles. The molecule has 1 rings (SSSR count). The third-order valence-electron chi connectivity index (χ3n) is 2.04.